The molecule has 0 aromatic heterocycles. The molecule has 7 nitrogen and oxygen atoms in total. The number of cyclic esters (lactones) is 1. The van der Waals surface area contributed by atoms with Gasteiger partial charge in [-0.3, -0.25) is 0 Å². The molecule has 1 atom stereocenters. The molecule has 2 aliphatic rings. The van der Waals surface area contributed by atoms with Crippen LogP contribution in [0.15, 0.2) is 41.0 Å². The van der Waals surface area contributed by atoms with Crippen molar-refractivity contribution < 1.29 is 23.7 Å². The van der Waals surface area contributed by atoms with Crippen LogP contribution >= 0.6 is 0 Å². The zero-order chi connectivity index (χ0) is 16.6. The van der Waals surface area contributed by atoms with Crippen molar-refractivity contribution in [3.8, 4) is 17.6 Å². The Bertz CT molecular complexity index is 788. The van der Waals surface area contributed by atoms with Crippen LogP contribution < -0.4 is 15.2 Å². The van der Waals surface area contributed by atoms with Gasteiger partial charge in [0.15, 0.2) is 5.76 Å². The van der Waals surface area contributed by atoms with Gasteiger partial charge in [-0.2, -0.15) is 5.26 Å². The van der Waals surface area contributed by atoms with Crippen molar-refractivity contribution in [1.29, 1.82) is 5.26 Å². The van der Waals surface area contributed by atoms with E-state index in [4.69, 9.17) is 24.7 Å². The van der Waals surface area contributed by atoms with E-state index in [0.29, 0.717) is 22.8 Å². The average Bonchev–Trinajstić information content (AvgIpc) is 2.93. The molecule has 0 amide bonds. The molecular formula is C16H14N2O5. The summed E-state index contributed by atoms with van der Waals surface area (Å²) >= 11 is 0. The number of nitrogens with zero attached hydrogens (tertiary/aromatic N) is 1. The molecule has 1 aromatic rings. The Balaban J connectivity index is 2.20. The monoisotopic (exact) mass is 314 g/mol. The maximum Gasteiger partial charge on any atom is 0.339 e. The quantitative estimate of drug-likeness (QED) is 0.839. The van der Waals surface area contributed by atoms with Gasteiger partial charge in [0.05, 0.1) is 25.7 Å². The van der Waals surface area contributed by atoms with E-state index in [1.54, 1.807) is 18.2 Å². The summed E-state index contributed by atoms with van der Waals surface area (Å²) in [7, 11) is 3.04. The van der Waals surface area contributed by atoms with Crippen LogP contribution in [0.5, 0.6) is 11.5 Å². The summed E-state index contributed by atoms with van der Waals surface area (Å²) in [5.74, 6) is 0.143. The molecule has 0 aliphatic carbocycles. The first-order chi connectivity index (χ1) is 11.1. The Labute approximate surface area is 132 Å². The van der Waals surface area contributed by atoms with E-state index in [1.165, 1.54) is 14.2 Å². The predicted octanol–water partition coefficient (Wildman–Crippen LogP) is 1.32. The SMILES string of the molecule is COc1ccc(C2C(C#N)=C(N)OC3=C2C(=O)OC3)c(OC)c1. The number of rotatable bonds is 3. The van der Waals surface area contributed by atoms with Crippen LogP contribution in [0.4, 0.5) is 0 Å². The molecule has 0 radical (unpaired) electrons. The van der Waals surface area contributed by atoms with Gasteiger partial charge in [0.1, 0.15) is 29.7 Å². The van der Waals surface area contributed by atoms with Gasteiger partial charge in [-0.25, -0.2) is 4.79 Å². The molecule has 3 rings (SSSR count). The minimum atomic E-state index is -0.695. The van der Waals surface area contributed by atoms with Gasteiger partial charge in [-0.1, -0.05) is 6.07 Å². The minimum absolute atomic E-state index is 0.00253. The van der Waals surface area contributed by atoms with Crippen LogP contribution in [-0.4, -0.2) is 26.8 Å². The second-order valence-electron chi connectivity index (χ2n) is 4.95. The van der Waals surface area contributed by atoms with E-state index >= 15 is 0 Å². The first kappa shape index (κ1) is 14.8. The number of hydrogen-bond donors (Lipinski definition) is 1. The molecule has 0 saturated heterocycles. The summed E-state index contributed by atoms with van der Waals surface area (Å²) in [6.07, 6.45) is 0. The first-order valence-electron chi connectivity index (χ1n) is 6.80. The molecule has 2 aliphatic heterocycles. The lowest BCUT2D eigenvalue weighted by Gasteiger charge is -2.24. The van der Waals surface area contributed by atoms with Gasteiger partial charge in [0, 0.05) is 11.6 Å². The summed E-state index contributed by atoms with van der Waals surface area (Å²) in [4.78, 5) is 12.1. The lowest BCUT2D eigenvalue weighted by molar-refractivity contribution is -0.136. The Morgan fingerprint density at radius 1 is 1.35 bits per heavy atom. The summed E-state index contributed by atoms with van der Waals surface area (Å²) in [5.41, 5.74) is 6.87. The Morgan fingerprint density at radius 2 is 2.13 bits per heavy atom. The average molecular weight is 314 g/mol. The number of allylic oxidation sites excluding steroid dienone is 1. The fraction of sp³-hybridized carbons (Fsp3) is 0.250. The number of ether oxygens (including phenoxy) is 4. The third kappa shape index (κ3) is 2.25. The smallest absolute Gasteiger partial charge is 0.339 e. The molecule has 0 fully saturated rings. The van der Waals surface area contributed by atoms with Gasteiger partial charge in [-0.15, -0.1) is 0 Å². The standard InChI is InChI=1S/C16H14N2O5/c1-20-8-3-4-9(11(5-8)21-2)13-10(6-17)15(18)23-12-7-22-16(19)14(12)13/h3-5,13H,7,18H2,1-2H3. The van der Waals surface area contributed by atoms with Crippen molar-refractivity contribution in [3.63, 3.8) is 0 Å². The third-order valence-electron chi connectivity index (χ3n) is 3.80. The summed E-state index contributed by atoms with van der Waals surface area (Å²) in [5, 5.41) is 9.46. The van der Waals surface area contributed by atoms with Crippen molar-refractivity contribution in [3.05, 3.63) is 46.6 Å². The Hall–Kier alpha value is -3.14. The number of esters is 1. The topological polar surface area (TPSA) is 104 Å². The highest BCUT2D eigenvalue weighted by Gasteiger charge is 2.42. The van der Waals surface area contributed by atoms with Gasteiger partial charge >= 0.3 is 5.97 Å². The largest absolute Gasteiger partial charge is 0.497 e. The fourth-order valence-electron chi connectivity index (χ4n) is 2.73. The molecule has 0 bridgehead atoms. The predicted molar refractivity (Wildman–Crippen MR) is 78.2 cm³/mol. The number of benzene rings is 1. The lowest BCUT2D eigenvalue weighted by Crippen LogP contribution is -2.22. The first-order valence-corrected chi connectivity index (χ1v) is 6.80. The minimum Gasteiger partial charge on any atom is -0.497 e. The van der Waals surface area contributed by atoms with Crippen LogP contribution in [0.25, 0.3) is 0 Å². The van der Waals surface area contributed by atoms with Gasteiger partial charge in [-0.05, 0) is 6.07 Å². The highest BCUT2D eigenvalue weighted by atomic mass is 16.6. The normalized spacial score (nSPS) is 19.7. The molecule has 1 unspecified atom stereocenters. The number of nitriles is 1. The second kappa shape index (κ2) is 5.57. The van der Waals surface area contributed by atoms with Crippen molar-refractivity contribution in [1.82, 2.24) is 0 Å². The van der Waals surface area contributed by atoms with E-state index in [2.05, 4.69) is 0 Å². The number of methoxy groups -OCH3 is 2. The third-order valence-corrected chi connectivity index (χ3v) is 3.80. The van der Waals surface area contributed by atoms with E-state index < -0.39 is 11.9 Å². The van der Waals surface area contributed by atoms with Crippen LogP contribution in [-0.2, 0) is 14.3 Å². The van der Waals surface area contributed by atoms with Crippen molar-refractivity contribution in [2.45, 2.75) is 5.92 Å². The molecule has 2 heterocycles. The summed E-state index contributed by atoms with van der Waals surface area (Å²) in [6, 6.07) is 7.15. The van der Waals surface area contributed by atoms with Crippen LogP contribution in [0, 0.1) is 11.3 Å². The Kier molecular flexibility index (Phi) is 3.58. The molecule has 0 saturated carbocycles. The zero-order valence-corrected chi connectivity index (χ0v) is 12.6. The van der Waals surface area contributed by atoms with E-state index in [0.717, 1.165) is 0 Å². The van der Waals surface area contributed by atoms with E-state index in [-0.39, 0.29) is 23.6 Å². The summed E-state index contributed by atoms with van der Waals surface area (Å²) < 4.78 is 20.9. The van der Waals surface area contributed by atoms with Gasteiger partial charge in [0.25, 0.3) is 0 Å². The number of nitrogens with two attached hydrogens (primary N) is 1. The molecule has 1 aromatic carbocycles. The van der Waals surface area contributed by atoms with Crippen molar-refractivity contribution in [2.24, 2.45) is 5.73 Å². The van der Waals surface area contributed by atoms with Gasteiger partial charge < -0.3 is 24.7 Å². The molecular weight excluding hydrogens is 300 g/mol. The number of carbonyl (C=O) groups is 1. The van der Waals surface area contributed by atoms with Crippen molar-refractivity contribution in [2.75, 3.05) is 20.8 Å². The van der Waals surface area contributed by atoms with Gasteiger partial charge in [0.2, 0.25) is 5.88 Å². The van der Waals surface area contributed by atoms with Crippen LogP contribution in [0.1, 0.15) is 11.5 Å². The highest BCUT2D eigenvalue weighted by Crippen LogP contribution is 2.45. The van der Waals surface area contributed by atoms with E-state index in [1.807, 2.05) is 6.07 Å². The zero-order valence-electron chi connectivity index (χ0n) is 12.6. The lowest BCUT2D eigenvalue weighted by atomic mass is 9.83. The molecule has 118 valence electrons. The molecule has 7 heteroatoms. The van der Waals surface area contributed by atoms with Crippen LogP contribution in [0.3, 0.4) is 0 Å². The number of hydrogen-bond acceptors (Lipinski definition) is 7. The highest BCUT2D eigenvalue weighted by molar-refractivity contribution is 5.95. The maximum atomic E-state index is 12.1. The fourth-order valence-corrected chi connectivity index (χ4v) is 2.73. The van der Waals surface area contributed by atoms with E-state index in [9.17, 15) is 10.1 Å². The van der Waals surface area contributed by atoms with Crippen LogP contribution in [0.2, 0.25) is 0 Å². The maximum absolute atomic E-state index is 12.1. The Morgan fingerprint density at radius 3 is 2.78 bits per heavy atom. The summed E-state index contributed by atoms with van der Waals surface area (Å²) in [6.45, 7) is 0.00253. The second-order valence-corrected chi connectivity index (χ2v) is 4.95. The molecule has 23 heavy (non-hydrogen) atoms. The molecule has 0 spiro atoms. The number of carbonyl (C=O) groups excluding carboxylic acids is 1. The molecule has 2 N–H and O–H groups in total. The van der Waals surface area contributed by atoms with Crippen molar-refractivity contribution >= 4 is 5.97 Å².